The predicted molar refractivity (Wildman–Crippen MR) is 62.0 cm³/mol. The van der Waals surface area contributed by atoms with Crippen LogP contribution in [0.25, 0.3) is 0 Å². The molecule has 0 aromatic heterocycles. The smallest absolute Gasteiger partial charge is 0.265 e. The second-order valence-electron chi connectivity index (χ2n) is 4.12. The molecule has 2 N–H and O–H groups in total. The number of nitrogens with two attached hydrogens (primary N) is 1. The van der Waals surface area contributed by atoms with Crippen LogP contribution in [0.4, 0.5) is 20.2 Å². The van der Waals surface area contributed by atoms with Gasteiger partial charge in [0.1, 0.15) is 0 Å². The number of carbonyl (C=O) groups excluding carboxylic acids is 1. The quantitative estimate of drug-likeness (QED) is 0.808. The first-order valence-electron chi connectivity index (χ1n) is 5.57. The number of piperidine rings is 1. The number of rotatable bonds is 2. The van der Waals surface area contributed by atoms with Gasteiger partial charge in [-0.1, -0.05) is 0 Å². The summed E-state index contributed by atoms with van der Waals surface area (Å²) in [6, 6.07) is 4.28. The first kappa shape index (κ1) is 11.8. The summed E-state index contributed by atoms with van der Waals surface area (Å²) in [5, 5.41) is 0. The average molecular weight is 240 g/mol. The maximum absolute atomic E-state index is 12.9. The minimum atomic E-state index is -2.62. The van der Waals surface area contributed by atoms with Gasteiger partial charge < -0.3 is 10.6 Å². The SMILES string of the molecule is Nc1ccc(N2CCCCC2=O)c(C(F)F)c1. The number of alkyl halides is 2. The fourth-order valence-corrected chi connectivity index (χ4v) is 2.05. The van der Waals surface area contributed by atoms with Crippen molar-refractivity contribution in [1.29, 1.82) is 0 Å². The fraction of sp³-hybridized carbons (Fsp3) is 0.417. The summed E-state index contributed by atoms with van der Waals surface area (Å²) < 4.78 is 25.8. The molecule has 1 amide bonds. The van der Waals surface area contributed by atoms with Crippen molar-refractivity contribution in [3.05, 3.63) is 23.8 Å². The van der Waals surface area contributed by atoms with Crippen LogP contribution >= 0.6 is 0 Å². The maximum Gasteiger partial charge on any atom is 0.265 e. The van der Waals surface area contributed by atoms with Crippen molar-refractivity contribution in [2.45, 2.75) is 25.7 Å². The zero-order valence-electron chi connectivity index (χ0n) is 9.33. The lowest BCUT2D eigenvalue weighted by molar-refractivity contribution is -0.119. The number of amides is 1. The highest BCUT2D eigenvalue weighted by Gasteiger charge is 2.24. The number of halogens is 2. The molecule has 0 radical (unpaired) electrons. The molecule has 1 fully saturated rings. The van der Waals surface area contributed by atoms with E-state index in [1.807, 2.05) is 0 Å². The highest BCUT2D eigenvalue weighted by atomic mass is 19.3. The number of anilines is 2. The molecular formula is C12H14F2N2O. The molecule has 1 aromatic carbocycles. The number of hydrogen-bond donors (Lipinski definition) is 1. The Hall–Kier alpha value is -1.65. The lowest BCUT2D eigenvalue weighted by atomic mass is 10.1. The van der Waals surface area contributed by atoms with Gasteiger partial charge in [0.25, 0.3) is 6.43 Å². The van der Waals surface area contributed by atoms with Crippen LogP contribution in [0.5, 0.6) is 0 Å². The van der Waals surface area contributed by atoms with E-state index in [2.05, 4.69) is 0 Å². The topological polar surface area (TPSA) is 46.3 Å². The molecule has 1 heterocycles. The summed E-state index contributed by atoms with van der Waals surface area (Å²) in [6.07, 6.45) is -0.525. The number of hydrogen-bond acceptors (Lipinski definition) is 2. The number of nitrogens with zero attached hydrogens (tertiary/aromatic N) is 1. The summed E-state index contributed by atoms with van der Waals surface area (Å²) in [7, 11) is 0. The Kier molecular flexibility index (Phi) is 3.26. The normalized spacial score (nSPS) is 16.6. The summed E-state index contributed by atoms with van der Waals surface area (Å²) in [6.45, 7) is 0.502. The highest BCUT2D eigenvalue weighted by Crippen LogP contribution is 2.33. The Balaban J connectivity index is 2.39. The standard InChI is InChI=1S/C12H14F2N2O/c13-12(14)9-7-8(15)4-5-10(9)16-6-2-1-3-11(16)17/h4-5,7,12H,1-3,6,15H2. The van der Waals surface area contributed by atoms with Gasteiger partial charge in [0.15, 0.2) is 0 Å². The van der Waals surface area contributed by atoms with Gasteiger partial charge in [-0.2, -0.15) is 0 Å². The third kappa shape index (κ3) is 2.38. The molecule has 0 aliphatic carbocycles. The molecule has 5 heteroatoms. The van der Waals surface area contributed by atoms with Crippen molar-refractivity contribution >= 4 is 17.3 Å². The molecule has 1 saturated heterocycles. The molecule has 2 rings (SSSR count). The molecule has 17 heavy (non-hydrogen) atoms. The second-order valence-corrected chi connectivity index (χ2v) is 4.12. The molecule has 3 nitrogen and oxygen atoms in total. The van der Waals surface area contributed by atoms with E-state index in [0.717, 1.165) is 12.8 Å². The second kappa shape index (κ2) is 4.69. The van der Waals surface area contributed by atoms with E-state index in [0.29, 0.717) is 18.7 Å². The lowest BCUT2D eigenvalue weighted by Crippen LogP contribution is -2.35. The monoisotopic (exact) mass is 240 g/mol. The molecule has 0 saturated carbocycles. The number of nitrogen functional groups attached to an aromatic ring is 1. The van der Waals surface area contributed by atoms with E-state index in [4.69, 9.17) is 5.73 Å². The number of benzene rings is 1. The fourth-order valence-electron chi connectivity index (χ4n) is 2.05. The average Bonchev–Trinajstić information content (AvgIpc) is 2.30. The van der Waals surface area contributed by atoms with Crippen LogP contribution in [0.1, 0.15) is 31.3 Å². The van der Waals surface area contributed by atoms with E-state index in [1.165, 1.54) is 17.0 Å². The molecule has 0 unspecified atom stereocenters. The van der Waals surface area contributed by atoms with Crippen molar-refractivity contribution in [2.75, 3.05) is 17.2 Å². The lowest BCUT2D eigenvalue weighted by Gasteiger charge is -2.28. The summed E-state index contributed by atoms with van der Waals surface area (Å²) >= 11 is 0. The van der Waals surface area contributed by atoms with Crippen LogP contribution in [-0.2, 0) is 4.79 Å². The van der Waals surface area contributed by atoms with Gasteiger partial charge in [-0.3, -0.25) is 4.79 Å². The summed E-state index contributed by atoms with van der Waals surface area (Å²) in [5.74, 6) is -0.0945. The van der Waals surface area contributed by atoms with Gasteiger partial charge >= 0.3 is 0 Å². The highest BCUT2D eigenvalue weighted by molar-refractivity contribution is 5.95. The van der Waals surface area contributed by atoms with Gasteiger partial charge in [0.2, 0.25) is 5.91 Å². The Morgan fingerprint density at radius 3 is 2.71 bits per heavy atom. The van der Waals surface area contributed by atoms with E-state index in [-0.39, 0.29) is 17.2 Å². The van der Waals surface area contributed by atoms with Crippen LogP contribution < -0.4 is 10.6 Å². The third-order valence-electron chi connectivity index (χ3n) is 2.90. The van der Waals surface area contributed by atoms with Crippen LogP contribution in [0, 0.1) is 0 Å². The van der Waals surface area contributed by atoms with Gasteiger partial charge in [0, 0.05) is 24.2 Å². The van der Waals surface area contributed by atoms with E-state index >= 15 is 0 Å². The van der Waals surface area contributed by atoms with Crippen LogP contribution in [-0.4, -0.2) is 12.5 Å². The van der Waals surface area contributed by atoms with Crippen molar-refractivity contribution < 1.29 is 13.6 Å². The Labute approximate surface area is 98.2 Å². The molecule has 1 aliphatic heterocycles. The molecular weight excluding hydrogens is 226 g/mol. The zero-order valence-corrected chi connectivity index (χ0v) is 9.33. The molecule has 0 atom stereocenters. The van der Waals surface area contributed by atoms with E-state index < -0.39 is 6.43 Å². The molecule has 0 spiro atoms. The van der Waals surface area contributed by atoms with Crippen molar-refractivity contribution in [3.63, 3.8) is 0 Å². The van der Waals surface area contributed by atoms with Crippen LogP contribution in [0.15, 0.2) is 18.2 Å². The summed E-state index contributed by atoms with van der Waals surface area (Å²) in [5.41, 5.74) is 5.90. The third-order valence-corrected chi connectivity index (χ3v) is 2.90. The first-order chi connectivity index (χ1) is 8.09. The molecule has 0 bridgehead atoms. The zero-order chi connectivity index (χ0) is 12.4. The van der Waals surface area contributed by atoms with Gasteiger partial charge in [0.05, 0.1) is 5.69 Å². The summed E-state index contributed by atoms with van der Waals surface area (Å²) in [4.78, 5) is 13.1. The van der Waals surface area contributed by atoms with Crippen molar-refractivity contribution in [3.8, 4) is 0 Å². The Morgan fingerprint density at radius 2 is 2.06 bits per heavy atom. The van der Waals surface area contributed by atoms with Crippen LogP contribution in [0.2, 0.25) is 0 Å². The molecule has 1 aromatic rings. The van der Waals surface area contributed by atoms with E-state index in [9.17, 15) is 13.6 Å². The predicted octanol–water partition coefficient (Wildman–Crippen LogP) is 2.72. The van der Waals surface area contributed by atoms with E-state index in [1.54, 1.807) is 6.07 Å². The van der Waals surface area contributed by atoms with Crippen molar-refractivity contribution in [2.24, 2.45) is 0 Å². The van der Waals surface area contributed by atoms with Crippen LogP contribution in [0.3, 0.4) is 0 Å². The Bertz CT molecular complexity index is 435. The minimum Gasteiger partial charge on any atom is -0.399 e. The molecule has 92 valence electrons. The Morgan fingerprint density at radius 1 is 1.29 bits per heavy atom. The first-order valence-corrected chi connectivity index (χ1v) is 5.57. The van der Waals surface area contributed by atoms with Gasteiger partial charge in [-0.25, -0.2) is 8.78 Å². The largest absolute Gasteiger partial charge is 0.399 e. The minimum absolute atomic E-state index is 0.0945. The van der Waals surface area contributed by atoms with Crippen molar-refractivity contribution in [1.82, 2.24) is 0 Å². The molecule has 1 aliphatic rings. The van der Waals surface area contributed by atoms with Gasteiger partial charge in [-0.05, 0) is 31.0 Å². The van der Waals surface area contributed by atoms with Gasteiger partial charge in [-0.15, -0.1) is 0 Å². The maximum atomic E-state index is 12.9. The number of carbonyl (C=O) groups is 1.